The van der Waals surface area contributed by atoms with E-state index in [1.807, 2.05) is 0 Å². The van der Waals surface area contributed by atoms with Crippen molar-refractivity contribution in [2.75, 3.05) is 7.11 Å². The van der Waals surface area contributed by atoms with Crippen LogP contribution in [0.2, 0.25) is 0 Å². The van der Waals surface area contributed by atoms with Gasteiger partial charge in [-0.2, -0.15) is 0 Å². The van der Waals surface area contributed by atoms with Crippen LogP contribution in [0.1, 0.15) is 73.1 Å². The highest BCUT2D eigenvalue weighted by Gasteiger charge is 2.65. The maximum absolute atomic E-state index is 14.0. The van der Waals surface area contributed by atoms with Crippen LogP contribution in [0.15, 0.2) is 23.3 Å². The van der Waals surface area contributed by atoms with Gasteiger partial charge in [0.25, 0.3) is 0 Å². The van der Waals surface area contributed by atoms with E-state index in [0.717, 1.165) is 32.1 Å². The molecule has 162 valence electrons. The molecule has 0 radical (unpaired) electrons. The number of carbonyl (C=O) groups is 2. The molecule has 3 rings (SSSR count). The molecule has 0 aromatic rings. The third-order valence-electron chi connectivity index (χ3n) is 7.62. The largest absolute Gasteiger partial charge is 0.381 e. The first-order valence-corrected chi connectivity index (χ1v) is 11.4. The Morgan fingerprint density at radius 2 is 1.93 bits per heavy atom. The zero-order valence-corrected chi connectivity index (χ0v) is 19.1. The molecule has 1 N–H and O–H groups in total. The number of amides is 1. The third kappa shape index (κ3) is 3.97. The molecule has 1 saturated heterocycles. The van der Waals surface area contributed by atoms with E-state index >= 15 is 0 Å². The summed E-state index contributed by atoms with van der Waals surface area (Å²) in [4.78, 5) is 27.6. The van der Waals surface area contributed by atoms with Crippen LogP contribution in [0, 0.1) is 29.1 Å². The van der Waals surface area contributed by atoms with Crippen molar-refractivity contribution in [3.8, 4) is 0 Å². The Morgan fingerprint density at radius 3 is 2.59 bits per heavy atom. The van der Waals surface area contributed by atoms with Crippen molar-refractivity contribution < 1.29 is 14.3 Å². The lowest BCUT2D eigenvalue weighted by Crippen LogP contribution is -2.53. The van der Waals surface area contributed by atoms with E-state index in [1.165, 1.54) is 11.1 Å². The Balaban J connectivity index is 2.16. The summed E-state index contributed by atoms with van der Waals surface area (Å²) < 4.78 is 5.68. The van der Waals surface area contributed by atoms with E-state index in [1.54, 1.807) is 7.11 Å². The second kappa shape index (κ2) is 8.75. The Bertz CT molecular complexity index is 707. The van der Waals surface area contributed by atoms with Gasteiger partial charge in [0.2, 0.25) is 5.91 Å². The lowest BCUT2D eigenvalue weighted by molar-refractivity contribution is -0.146. The second-order valence-electron chi connectivity index (χ2n) is 10.1. The maximum atomic E-state index is 14.0. The van der Waals surface area contributed by atoms with E-state index in [9.17, 15) is 9.59 Å². The minimum absolute atomic E-state index is 0.00205. The number of carbonyl (C=O) groups excluding carboxylic acids is 2. The first-order chi connectivity index (χ1) is 13.7. The Kier molecular flexibility index (Phi) is 6.72. The minimum atomic E-state index is -0.999. The van der Waals surface area contributed by atoms with Gasteiger partial charge in [-0.25, -0.2) is 0 Å². The highest BCUT2D eigenvalue weighted by Crippen LogP contribution is 2.55. The van der Waals surface area contributed by atoms with Crippen molar-refractivity contribution in [3.05, 3.63) is 23.3 Å². The monoisotopic (exact) mass is 401 g/mol. The van der Waals surface area contributed by atoms with Crippen LogP contribution in [0.4, 0.5) is 0 Å². The summed E-state index contributed by atoms with van der Waals surface area (Å²) in [6, 6.07) is 0.0485. The Labute approximate surface area is 176 Å². The molecule has 4 heteroatoms. The van der Waals surface area contributed by atoms with Crippen LogP contribution in [-0.2, 0) is 14.3 Å². The summed E-state index contributed by atoms with van der Waals surface area (Å²) in [6.07, 6.45) is 9.61. The standard InChI is InChI=1S/C25H39NO3/c1-15(2)11-21-23-18(5)17(4)13-19-12-16(3)9-7-8-10-20(29-6)14-22(27)25(19,23)24(28)26-21/h12-13,15,18-21,23H,7-11,14H2,1-6H3,(H,26,28). The lowest BCUT2D eigenvalue weighted by Gasteiger charge is -2.45. The van der Waals surface area contributed by atoms with Gasteiger partial charge in [-0.15, -0.1) is 0 Å². The first kappa shape index (κ1) is 22.3. The fraction of sp³-hybridized carbons (Fsp3) is 0.760. The second-order valence-corrected chi connectivity index (χ2v) is 10.1. The van der Waals surface area contributed by atoms with Crippen LogP contribution in [-0.4, -0.2) is 30.9 Å². The molecule has 1 amide bonds. The summed E-state index contributed by atoms with van der Waals surface area (Å²) >= 11 is 0. The van der Waals surface area contributed by atoms with Gasteiger partial charge in [-0.3, -0.25) is 9.59 Å². The van der Waals surface area contributed by atoms with E-state index in [4.69, 9.17) is 4.74 Å². The molecular weight excluding hydrogens is 362 g/mol. The highest BCUT2D eigenvalue weighted by molar-refractivity contribution is 6.09. The van der Waals surface area contributed by atoms with Crippen molar-refractivity contribution in [3.63, 3.8) is 0 Å². The van der Waals surface area contributed by atoms with Gasteiger partial charge in [-0.1, -0.05) is 50.5 Å². The van der Waals surface area contributed by atoms with E-state index in [2.05, 4.69) is 52.1 Å². The van der Waals surface area contributed by atoms with Crippen molar-refractivity contribution in [2.45, 2.75) is 85.3 Å². The van der Waals surface area contributed by atoms with Crippen molar-refractivity contribution in [2.24, 2.45) is 29.1 Å². The predicted molar refractivity (Wildman–Crippen MR) is 116 cm³/mol. The molecule has 0 bridgehead atoms. The Hall–Kier alpha value is -1.42. The summed E-state index contributed by atoms with van der Waals surface area (Å²) in [5.41, 5.74) is 1.59. The number of Topliss-reactive ketones (excluding diaryl/α,β-unsaturated/α-hetero) is 1. The molecule has 1 spiro atoms. The summed E-state index contributed by atoms with van der Waals surface area (Å²) in [5.74, 6) is 0.527. The normalized spacial score (nSPS) is 38.5. The van der Waals surface area contributed by atoms with Gasteiger partial charge in [0, 0.05) is 31.4 Å². The fourth-order valence-electron chi connectivity index (χ4n) is 6.05. The number of methoxy groups -OCH3 is 1. The number of hydrogen-bond donors (Lipinski definition) is 1. The molecule has 1 fully saturated rings. The van der Waals surface area contributed by atoms with Crippen molar-refractivity contribution in [1.82, 2.24) is 5.32 Å². The number of allylic oxidation sites excluding steroid dienone is 4. The number of rotatable bonds is 3. The van der Waals surface area contributed by atoms with Gasteiger partial charge in [0.15, 0.2) is 5.78 Å². The summed E-state index contributed by atoms with van der Waals surface area (Å²) in [6.45, 7) is 10.9. The van der Waals surface area contributed by atoms with Crippen LogP contribution < -0.4 is 5.32 Å². The van der Waals surface area contributed by atoms with Crippen LogP contribution in [0.25, 0.3) is 0 Å². The third-order valence-corrected chi connectivity index (χ3v) is 7.62. The number of hydrogen-bond acceptors (Lipinski definition) is 3. The molecule has 1 aliphatic heterocycles. The van der Waals surface area contributed by atoms with Crippen molar-refractivity contribution >= 4 is 11.7 Å². The summed E-state index contributed by atoms with van der Waals surface area (Å²) in [7, 11) is 1.69. The molecule has 0 saturated carbocycles. The number of ether oxygens (including phenoxy) is 1. The molecule has 1 heterocycles. The predicted octanol–water partition coefficient (Wildman–Crippen LogP) is 4.84. The average Bonchev–Trinajstić information content (AvgIpc) is 2.92. The van der Waals surface area contributed by atoms with Gasteiger partial charge in [0.05, 0.1) is 6.10 Å². The van der Waals surface area contributed by atoms with E-state index in [0.29, 0.717) is 12.3 Å². The highest BCUT2D eigenvalue weighted by atomic mass is 16.5. The van der Waals surface area contributed by atoms with Gasteiger partial charge >= 0.3 is 0 Å². The van der Waals surface area contributed by atoms with Gasteiger partial charge in [-0.05, 0) is 51.4 Å². The zero-order chi connectivity index (χ0) is 21.3. The molecule has 6 atom stereocenters. The van der Waals surface area contributed by atoms with Gasteiger partial charge < -0.3 is 10.1 Å². The Morgan fingerprint density at radius 1 is 1.21 bits per heavy atom. The SMILES string of the molecule is COC1CCCCC(C)=CC2C=C(C)C(C)C3C(CC(C)C)NC(=O)C23C(=O)C1. The van der Waals surface area contributed by atoms with Crippen molar-refractivity contribution in [1.29, 1.82) is 0 Å². The van der Waals surface area contributed by atoms with E-state index in [-0.39, 0.29) is 41.6 Å². The molecule has 0 aromatic carbocycles. The zero-order valence-electron chi connectivity index (χ0n) is 19.1. The maximum Gasteiger partial charge on any atom is 0.235 e. The van der Waals surface area contributed by atoms with Crippen LogP contribution >= 0.6 is 0 Å². The molecule has 2 aliphatic carbocycles. The van der Waals surface area contributed by atoms with E-state index < -0.39 is 5.41 Å². The van der Waals surface area contributed by atoms with Crippen LogP contribution in [0.5, 0.6) is 0 Å². The summed E-state index contributed by atoms with van der Waals surface area (Å²) in [5, 5.41) is 3.28. The molecule has 0 aromatic heterocycles. The minimum Gasteiger partial charge on any atom is -0.381 e. The molecule has 6 unspecified atom stereocenters. The lowest BCUT2D eigenvalue weighted by atomic mass is 9.54. The average molecular weight is 402 g/mol. The molecule has 29 heavy (non-hydrogen) atoms. The smallest absolute Gasteiger partial charge is 0.235 e. The quantitative estimate of drug-likeness (QED) is 0.544. The molecular formula is C25H39NO3. The molecule has 3 aliphatic rings. The number of nitrogens with one attached hydrogen (secondary N) is 1. The fourth-order valence-corrected chi connectivity index (χ4v) is 6.05. The van der Waals surface area contributed by atoms with Gasteiger partial charge in [0.1, 0.15) is 5.41 Å². The number of ketones is 1. The van der Waals surface area contributed by atoms with Crippen LogP contribution in [0.3, 0.4) is 0 Å². The topological polar surface area (TPSA) is 55.4 Å². The molecule has 4 nitrogen and oxygen atoms in total. The first-order valence-electron chi connectivity index (χ1n) is 11.4.